The number of rotatable bonds is 6. The van der Waals surface area contributed by atoms with Crippen molar-refractivity contribution < 1.29 is 23.9 Å². The van der Waals surface area contributed by atoms with E-state index in [1.807, 2.05) is 11.4 Å². The van der Waals surface area contributed by atoms with Gasteiger partial charge in [0.15, 0.2) is 0 Å². The Morgan fingerprint density at radius 3 is 2.81 bits per heavy atom. The Bertz CT molecular complexity index is 1190. The van der Waals surface area contributed by atoms with Gasteiger partial charge in [-0.3, -0.25) is 0 Å². The van der Waals surface area contributed by atoms with Gasteiger partial charge in [-0.2, -0.15) is 4.98 Å². The minimum absolute atomic E-state index is 0.131. The smallest absolute Gasteiger partial charge is 0.378 e. The number of ether oxygens (including phenoxy) is 2. The van der Waals surface area contributed by atoms with Crippen LogP contribution >= 0.6 is 11.3 Å². The molecule has 2 amide bonds. The summed E-state index contributed by atoms with van der Waals surface area (Å²) in [5.41, 5.74) is 1.04. The molecule has 0 radical (unpaired) electrons. The normalized spacial score (nSPS) is 16.1. The zero-order valence-electron chi connectivity index (χ0n) is 16.6. The number of aryl methyl sites for hydroxylation is 1. The monoisotopic (exact) mass is 442 g/mol. The Balaban J connectivity index is 1.61. The first-order valence-corrected chi connectivity index (χ1v) is 10.2. The maximum Gasteiger partial charge on any atom is 0.378 e. The number of hydrogen-bond donors (Lipinski definition) is 2. The quantitative estimate of drug-likeness (QED) is 0.548. The fourth-order valence-corrected chi connectivity index (χ4v) is 3.83. The van der Waals surface area contributed by atoms with Gasteiger partial charge < -0.3 is 20.1 Å². The van der Waals surface area contributed by atoms with Gasteiger partial charge >= 0.3 is 18.0 Å². The summed E-state index contributed by atoms with van der Waals surface area (Å²) in [6.07, 6.45) is 1.56. The van der Waals surface area contributed by atoms with E-state index in [2.05, 4.69) is 25.7 Å². The van der Waals surface area contributed by atoms with Crippen molar-refractivity contribution in [2.24, 2.45) is 0 Å². The van der Waals surface area contributed by atoms with Crippen LogP contribution in [0.3, 0.4) is 0 Å². The topological polar surface area (TPSA) is 137 Å². The minimum atomic E-state index is -0.818. The van der Waals surface area contributed by atoms with E-state index in [9.17, 15) is 14.4 Å². The van der Waals surface area contributed by atoms with Gasteiger partial charge in [-0.05, 0) is 31.4 Å². The van der Waals surface area contributed by atoms with Crippen molar-refractivity contribution in [3.05, 3.63) is 57.4 Å². The highest BCUT2D eigenvalue weighted by Gasteiger charge is 2.35. The molecule has 0 bridgehead atoms. The van der Waals surface area contributed by atoms with Crippen LogP contribution in [0.4, 0.5) is 4.79 Å². The molecule has 0 fully saturated rings. The molecule has 12 heteroatoms. The summed E-state index contributed by atoms with van der Waals surface area (Å²) >= 11 is 1.38. The highest BCUT2D eigenvalue weighted by Crippen LogP contribution is 2.30. The molecular formula is C19H18N6O5S. The minimum Gasteiger partial charge on any atom is -0.463 e. The predicted octanol–water partition coefficient (Wildman–Crippen LogP) is 1.52. The Kier molecular flexibility index (Phi) is 5.62. The van der Waals surface area contributed by atoms with Gasteiger partial charge in [0.05, 0.1) is 23.9 Å². The van der Waals surface area contributed by atoms with Crippen LogP contribution in [-0.2, 0) is 14.3 Å². The molecule has 0 saturated heterocycles. The summed E-state index contributed by atoms with van der Waals surface area (Å²) in [6, 6.07) is 4.08. The van der Waals surface area contributed by atoms with Crippen molar-refractivity contribution in [1.29, 1.82) is 0 Å². The molecule has 160 valence electrons. The molecule has 1 aliphatic heterocycles. The van der Waals surface area contributed by atoms with Crippen LogP contribution in [0.1, 0.15) is 34.2 Å². The number of nitrogens with zero attached hydrogens (tertiary/aromatic N) is 4. The molecule has 0 saturated carbocycles. The Labute approximate surface area is 180 Å². The van der Waals surface area contributed by atoms with Gasteiger partial charge in [0, 0.05) is 16.8 Å². The second-order valence-corrected chi connectivity index (χ2v) is 7.45. The molecule has 2 N–H and O–H groups in total. The Hall–Kier alpha value is -3.80. The number of urea groups is 1. The summed E-state index contributed by atoms with van der Waals surface area (Å²) in [5, 5.41) is 11.2. The van der Waals surface area contributed by atoms with Crippen molar-refractivity contribution in [2.75, 3.05) is 13.2 Å². The zero-order chi connectivity index (χ0) is 22.0. The molecule has 1 atom stereocenters. The number of hydrogen-bond acceptors (Lipinski definition) is 9. The molecule has 4 heterocycles. The molecule has 3 aromatic rings. The van der Waals surface area contributed by atoms with Crippen molar-refractivity contribution in [3.8, 4) is 0 Å². The molecule has 0 aromatic carbocycles. The van der Waals surface area contributed by atoms with Gasteiger partial charge in [-0.25, -0.2) is 23.9 Å². The third-order valence-corrected chi connectivity index (χ3v) is 5.37. The van der Waals surface area contributed by atoms with Gasteiger partial charge in [-0.1, -0.05) is 6.07 Å². The number of nitrogens with one attached hydrogen (secondary N) is 2. The Morgan fingerprint density at radius 1 is 1.26 bits per heavy atom. The first-order valence-electron chi connectivity index (χ1n) is 9.34. The molecule has 1 unspecified atom stereocenters. The summed E-state index contributed by atoms with van der Waals surface area (Å²) in [6.45, 7) is 3.25. The highest BCUT2D eigenvalue weighted by atomic mass is 32.1. The van der Waals surface area contributed by atoms with E-state index in [0.29, 0.717) is 0 Å². The van der Waals surface area contributed by atoms with Crippen LogP contribution in [0, 0.1) is 6.92 Å². The lowest BCUT2D eigenvalue weighted by Gasteiger charge is -2.28. The number of thiophene rings is 1. The summed E-state index contributed by atoms with van der Waals surface area (Å²) in [4.78, 5) is 46.2. The molecule has 0 aliphatic carbocycles. The largest absolute Gasteiger partial charge is 0.463 e. The van der Waals surface area contributed by atoms with E-state index >= 15 is 0 Å². The lowest BCUT2D eigenvalue weighted by Crippen LogP contribution is -2.47. The van der Waals surface area contributed by atoms with E-state index in [4.69, 9.17) is 9.47 Å². The summed E-state index contributed by atoms with van der Waals surface area (Å²) < 4.78 is 11.9. The summed E-state index contributed by atoms with van der Waals surface area (Å²) in [7, 11) is 0. The van der Waals surface area contributed by atoms with Crippen molar-refractivity contribution in [3.63, 3.8) is 0 Å². The molecule has 3 aromatic heterocycles. The van der Waals surface area contributed by atoms with Gasteiger partial charge in [0.25, 0.3) is 11.6 Å². The highest BCUT2D eigenvalue weighted by molar-refractivity contribution is 7.10. The fourth-order valence-electron chi connectivity index (χ4n) is 3.05. The van der Waals surface area contributed by atoms with E-state index in [-0.39, 0.29) is 36.1 Å². The van der Waals surface area contributed by atoms with E-state index in [1.54, 1.807) is 32.2 Å². The third kappa shape index (κ3) is 4.10. The molecule has 0 spiro atoms. The van der Waals surface area contributed by atoms with E-state index < -0.39 is 24.0 Å². The maximum atomic E-state index is 12.6. The predicted molar refractivity (Wildman–Crippen MR) is 108 cm³/mol. The first-order chi connectivity index (χ1) is 15.0. The standard InChI is InChI=1S/C19H18N6O5S/c1-3-29-16(26)13-11(21-19(28)22-14(13)12-5-4-8-31-12)9-30-17(27)15-23-18-20-7-6-10(2)25(18)24-15/h4-8,14H,3,9H2,1-2H3,(H2,21,22,28). The second kappa shape index (κ2) is 8.52. The van der Waals surface area contributed by atoms with Crippen LogP contribution in [-0.4, -0.2) is 50.8 Å². The van der Waals surface area contributed by atoms with Crippen LogP contribution in [0.15, 0.2) is 41.0 Å². The van der Waals surface area contributed by atoms with E-state index in [1.165, 1.54) is 15.9 Å². The number of amides is 2. The zero-order valence-corrected chi connectivity index (χ0v) is 17.4. The number of carbonyl (C=O) groups is 3. The molecular weight excluding hydrogens is 424 g/mol. The van der Waals surface area contributed by atoms with Crippen LogP contribution in [0.2, 0.25) is 0 Å². The number of fused-ring (bicyclic) bond motifs is 1. The first kappa shape index (κ1) is 20.5. The molecule has 4 rings (SSSR count). The third-order valence-electron chi connectivity index (χ3n) is 4.44. The maximum absolute atomic E-state index is 12.6. The Morgan fingerprint density at radius 2 is 2.10 bits per heavy atom. The number of esters is 2. The summed E-state index contributed by atoms with van der Waals surface area (Å²) in [5.74, 6) is -1.37. The average Bonchev–Trinajstić information content (AvgIpc) is 3.42. The van der Waals surface area contributed by atoms with Gasteiger partial charge in [0.2, 0.25) is 0 Å². The second-order valence-electron chi connectivity index (χ2n) is 6.47. The lowest BCUT2D eigenvalue weighted by molar-refractivity contribution is -0.139. The molecule has 1 aliphatic rings. The average molecular weight is 442 g/mol. The number of aromatic nitrogens is 4. The van der Waals surface area contributed by atoms with Gasteiger partial charge in [-0.15, -0.1) is 16.4 Å². The van der Waals surface area contributed by atoms with Gasteiger partial charge in [0.1, 0.15) is 6.61 Å². The lowest BCUT2D eigenvalue weighted by atomic mass is 10.0. The van der Waals surface area contributed by atoms with Crippen molar-refractivity contribution in [2.45, 2.75) is 19.9 Å². The van der Waals surface area contributed by atoms with Crippen LogP contribution < -0.4 is 10.6 Å². The van der Waals surface area contributed by atoms with Crippen LogP contribution in [0.5, 0.6) is 0 Å². The molecule has 31 heavy (non-hydrogen) atoms. The van der Waals surface area contributed by atoms with Crippen LogP contribution in [0.25, 0.3) is 5.78 Å². The fraction of sp³-hybridized carbons (Fsp3) is 0.263. The van der Waals surface area contributed by atoms with Crippen molar-refractivity contribution >= 4 is 35.1 Å². The van der Waals surface area contributed by atoms with Crippen molar-refractivity contribution in [1.82, 2.24) is 30.2 Å². The number of carbonyl (C=O) groups excluding carboxylic acids is 3. The SMILES string of the molecule is CCOC(=O)C1=C(COC(=O)c2nc3nccc(C)n3n2)NC(=O)NC1c1cccs1. The molecule has 11 nitrogen and oxygen atoms in total. The van der Waals surface area contributed by atoms with E-state index in [0.717, 1.165) is 10.6 Å².